The Morgan fingerprint density at radius 2 is 1.93 bits per heavy atom. The van der Waals surface area contributed by atoms with Crippen LogP contribution in [0.3, 0.4) is 0 Å². The number of hydrogen-bond donors (Lipinski definition) is 2. The van der Waals surface area contributed by atoms with Crippen molar-refractivity contribution in [2.24, 2.45) is 0 Å². The number of benzene rings is 1. The molecule has 10 heteroatoms. The lowest BCUT2D eigenvalue weighted by atomic mass is 10.1. The van der Waals surface area contributed by atoms with E-state index in [2.05, 4.69) is 10.3 Å². The summed E-state index contributed by atoms with van der Waals surface area (Å²) in [6, 6.07) is 4.17. The van der Waals surface area contributed by atoms with Crippen molar-refractivity contribution in [2.75, 3.05) is 4.90 Å². The van der Waals surface area contributed by atoms with Crippen molar-refractivity contribution in [3.63, 3.8) is 0 Å². The van der Waals surface area contributed by atoms with Crippen molar-refractivity contribution < 1.29 is 14.0 Å². The Bertz CT molecular complexity index is 1200. The molecule has 1 unspecified atom stereocenters. The summed E-state index contributed by atoms with van der Waals surface area (Å²) in [6.07, 6.45) is 1.72. The van der Waals surface area contributed by atoms with Gasteiger partial charge in [0, 0.05) is 18.3 Å². The van der Waals surface area contributed by atoms with E-state index < -0.39 is 23.8 Å². The molecule has 3 heterocycles. The predicted octanol–water partition coefficient (Wildman–Crippen LogP) is 3.11. The number of aromatic amines is 1. The van der Waals surface area contributed by atoms with Gasteiger partial charge in [0.15, 0.2) is 0 Å². The molecule has 0 bridgehead atoms. The second kappa shape index (κ2) is 6.65. The van der Waals surface area contributed by atoms with Crippen molar-refractivity contribution in [2.45, 2.75) is 19.4 Å². The highest BCUT2D eigenvalue weighted by atomic mass is 35.5. The van der Waals surface area contributed by atoms with Gasteiger partial charge in [-0.3, -0.25) is 14.0 Å². The average Bonchev–Trinajstić information content (AvgIpc) is 3.09. The van der Waals surface area contributed by atoms with Crippen molar-refractivity contribution >= 4 is 46.3 Å². The van der Waals surface area contributed by atoms with Gasteiger partial charge in [-0.1, -0.05) is 29.3 Å². The molecular weight excluding hydrogens is 410 g/mol. The van der Waals surface area contributed by atoms with Gasteiger partial charge in [0.25, 0.3) is 11.5 Å². The van der Waals surface area contributed by atoms with Crippen LogP contribution < -0.4 is 15.8 Å². The molecule has 7 nitrogen and oxygen atoms in total. The maximum absolute atomic E-state index is 14.3. The molecule has 1 fully saturated rings. The number of carbonyl (C=O) groups excluding carboxylic acids is 2. The van der Waals surface area contributed by atoms with Gasteiger partial charge in [-0.05, 0) is 30.7 Å². The van der Waals surface area contributed by atoms with Crippen LogP contribution in [0.4, 0.5) is 14.9 Å². The molecule has 144 valence electrons. The highest BCUT2D eigenvalue weighted by molar-refractivity contribution is 6.42. The summed E-state index contributed by atoms with van der Waals surface area (Å²) in [5, 5.41) is 2.86. The molecule has 1 atom stereocenters. The number of rotatable bonds is 3. The van der Waals surface area contributed by atoms with Crippen LogP contribution in [0.2, 0.25) is 10.2 Å². The summed E-state index contributed by atoms with van der Waals surface area (Å²) in [4.78, 5) is 39.6. The van der Waals surface area contributed by atoms with Gasteiger partial charge < -0.3 is 10.3 Å². The fraction of sp³-hybridized carbons (Fsp3) is 0.167. The van der Waals surface area contributed by atoms with Crippen LogP contribution >= 0.6 is 23.2 Å². The molecule has 1 aliphatic heterocycles. The highest BCUT2D eigenvalue weighted by Gasteiger charge is 2.37. The first-order chi connectivity index (χ1) is 13.3. The normalized spacial score (nSPS) is 16.9. The Balaban J connectivity index is 1.78. The number of anilines is 1. The SMILES string of the molecule is CC1NC(=O)N(c2cc(Cc3c[nH]c(=O)c4cc(Cl)c(Cl)n34)ccc2F)C1=O. The van der Waals surface area contributed by atoms with E-state index >= 15 is 0 Å². The van der Waals surface area contributed by atoms with Gasteiger partial charge in [0.2, 0.25) is 0 Å². The second-order valence-electron chi connectivity index (χ2n) is 6.42. The van der Waals surface area contributed by atoms with Crippen LogP contribution in [0.25, 0.3) is 5.52 Å². The molecule has 0 radical (unpaired) electrons. The largest absolute Gasteiger partial charge is 0.329 e. The molecule has 1 aromatic carbocycles. The third-order valence-corrected chi connectivity index (χ3v) is 5.32. The van der Waals surface area contributed by atoms with Crippen molar-refractivity contribution in [3.8, 4) is 0 Å². The highest BCUT2D eigenvalue weighted by Crippen LogP contribution is 2.28. The van der Waals surface area contributed by atoms with Gasteiger partial charge >= 0.3 is 6.03 Å². The maximum atomic E-state index is 14.3. The van der Waals surface area contributed by atoms with E-state index in [1.165, 1.54) is 41.8 Å². The minimum Gasteiger partial charge on any atom is -0.326 e. The number of nitrogens with one attached hydrogen (secondary N) is 2. The number of carbonyl (C=O) groups is 2. The lowest BCUT2D eigenvalue weighted by Gasteiger charge is -2.15. The van der Waals surface area contributed by atoms with E-state index in [0.29, 0.717) is 11.3 Å². The molecule has 0 saturated carbocycles. The molecule has 2 aromatic heterocycles. The number of aromatic nitrogens is 2. The second-order valence-corrected chi connectivity index (χ2v) is 7.19. The monoisotopic (exact) mass is 422 g/mol. The van der Waals surface area contributed by atoms with E-state index in [1.54, 1.807) is 0 Å². The van der Waals surface area contributed by atoms with Crippen LogP contribution in [-0.4, -0.2) is 27.4 Å². The van der Waals surface area contributed by atoms with Crippen LogP contribution in [0.15, 0.2) is 35.3 Å². The van der Waals surface area contributed by atoms with Crippen molar-refractivity contribution in [3.05, 3.63) is 68.1 Å². The Labute approximate surface area is 167 Å². The third kappa shape index (κ3) is 2.85. The Kier molecular flexibility index (Phi) is 4.40. The number of fused-ring (bicyclic) bond motifs is 1. The van der Waals surface area contributed by atoms with Crippen LogP contribution in [0, 0.1) is 5.82 Å². The van der Waals surface area contributed by atoms with E-state index in [0.717, 1.165) is 4.90 Å². The summed E-state index contributed by atoms with van der Waals surface area (Å²) >= 11 is 12.2. The van der Waals surface area contributed by atoms with Gasteiger partial charge in [-0.15, -0.1) is 0 Å². The zero-order valence-corrected chi connectivity index (χ0v) is 15.9. The Morgan fingerprint density at radius 3 is 2.61 bits per heavy atom. The zero-order valence-electron chi connectivity index (χ0n) is 14.4. The molecule has 0 aliphatic carbocycles. The predicted molar refractivity (Wildman–Crippen MR) is 103 cm³/mol. The lowest BCUT2D eigenvalue weighted by molar-refractivity contribution is -0.118. The fourth-order valence-electron chi connectivity index (χ4n) is 3.20. The molecule has 1 saturated heterocycles. The van der Waals surface area contributed by atoms with Crippen molar-refractivity contribution in [1.29, 1.82) is 0 Å². The summed E-state index contributed by atoms with van der Waals surface area (Å²) in [7, 11) is 0. The van der Waals surface area contributed by atoms with Gasteiger partial charge in [0.05, 0.1) is 10.7 Å². The van der Waals surface area contributed by atoms with Crippen molar-refractivity contribution in [1.82, 2.24) is 14.7 Å². The third-order valence-electron chi connectivity index (χ3n) is 4.56. The lowest BCUT2D eigenvalue weighted by Crippen LogP contribution is -2.31. The Hall–Kier alpha value is -2.84. The number of halogens is 3. The maximum Gasteiger partial charge on any atom is 0.329 e. The standard InChI is InChI=1S/C18H13Cl2FN4O3/c1-8-17(27)25(18(28)23-8)13-5-9(2-3-12(13)21)4-10-7-22-16(26)14-6-11(19)15(20)24(10)14/h2-3,5-8H,4H2,1H3,(H,22,26)(H,23,28). The quantitative estimate of drug-likeness (QED) is 0.635. The summed E-state index contributed by atoms with van der Waals surface area (Å²) in [5.41, 5.74) is 0.977. The first-order valence-corrected chi connectivity index (χ1v) is 9.03. The molecule has 4 rings (SSSR count). The number of imide groups is 1. The number of nitrogens with zero attached hydrogens (tertiary/aromatic N) is 2. The van der Waals surface area contributed by atoms with E-state index in [1.807, 2.05) is 0 Å². The minimum absolute atomic E-state index is 0.137. The number of H-pyrrole nitrogens is 1. The van der Waals surface area contributed by atoms with E-state index in [-0.39, 0.29) is 33.4 Å². The zero-order chi connectivity index (χ0) is 20.2. The number of urea groups is 1. The first-order valence-electron chi connectivity index (χ1n) is 8.28. The summed E-state index contributed by atoms with van der Waals surface area (Å²) in [6.45, 7) is 1.52. The summed E-state index contributed by atoms with van der Waals surface area (Å²) < 4.78 is 15.8. The fourth-order valence-corrected chi connectivity index (χ4v) is 3.65. The van der Waals surface area contributed by atoms with Crippen LogP contribution in [0.1, 0.15) is 18.2 Å². The molecule has 0 spiro atoms. The van der Waals surface area contributed by atoms with E-state index in [9.17, 15) is 18.8 Å². The minimum atomic E-state index is -0.727. The average molecular weight is 423 g/mol. The first kappa shape index (κ1) is 18.5. The molecular formula is C18H13Cl2FN4O3. The molecule has 3 aromatic rings. The molecule has 2 N–H and O–H groups in total. The Morgan fingerprint density at radius 1 is 1.18 bits per heavy atom. The van der Waals surface area contributed by atoms with Crippen LogP contribution in [0.5, 0.6) is 0 Å². The molecule has 28 heavy (non-hydrogen) atoms. The van der Waals surface area contributed by atoms with Gasteiger partial charge in [-0.25, -0.2) is 14.1 Å². The van der Waals surface area contributed by atoms with Gasteiger partial charge in [-0.2, -0.15) is 0 Å². The number of hydrogen-bond acceptors (Lipinski definition) is 3. The molecule has 3 amide bonds. The van der Waals surface area contributed by atoms with Gasteiger partial charge in [0.1, 0.15) is 22.5 Å². The topological polar surface area (TPSA) is 86.7 Å². The smallest absolute Gasteiger partial charge is 0.326 e. The number of amides is 3. The molecule has 1 aliphatic rings. The van der Waals surface area contributed by atoms with E-state index in [4.69, 9.17) is 23.2 Å². The summed E-state index contributed by atoms with van der Waals surface area (Å²) in [5.74, 6) is -1.23. The van der Waals surface area contributed by atoms with Crippen LogP contribution in [-0.2, 0) is 11.2 Å².